The number of benzene rings is 2. The molecule has 1 aliphatic heterocycles. The van der Waals surface area contributed by atoms with Crippen LogP contribution < -0.4 is 0 Å². The van der Waals surface area contributed by atoms with E-state index in [2.05, 4.69) is 34.6 Å². The summed E-state index contributed by atoms with van der Waals surface area (Å²) >= 11 is 0. The zero-order valence-electron chi connectivity index (χ0n) is 15.4. The number of likely N-dealkylation sites (tertiary alicyclic amines) is 1. The molecule has 1 atom stereocenters. The van der Waals surface area contributed by atoms with Gasteiger partial charge in [0.05, 0.1) is 11.6 Å². The summed E-state index contributed by atoms with van der Waals surface area (Å²) in [4.78, 5) is 14.9. The lowest BCUT2D eigenvalue weighted by Gasteiger charge is -2.23. The second-order valence-electron chi connectivity index (χ2n) is 7.11. The third kappa shape index (κ3) is 2.85. The predicted molar refractivity (Wildman–Crippen MR) is 108 cm³/mol. The molecular formula is C23H20N4O. The predicted octanol–water partition coefficient (Wildman–Crippen LogP) is 4.37. The van der Waals surface area contributed by atoms with E-state index in [-0.39, 0.29) is 11.9 Å². The van der Waals surface area contributed by atoms with Crippen molar-refractivity contribution in [2.75, 3.05) is 6.54 Å². The topological polar surface area (TPSA) is 50.5 Å². The number of nitrogens with zero attached hydrogens (tertiary/aromatic N) is 4. The Balaban J connectivity index is 1.49. The highest BCUT2D eigenvalue weighted by molar-refractivity contribution is 5.94. The van der Waals surface area contributed by atoms with Gasteiger partial charge in [-0.2, -0.15) is 0 Å². The lowest BCUT2D eigenvalue weighted by atomic mass is 10.1. The molecule has 0 aliphatic carbocycles. The number of rotatable bonds is 3. The summed E-state index contributed by atoms with van der Waals surface area (Å²) in [5.74, 6) is 0.0603. The van der Waals surface area contributed by atoms with Crippen LogP contribution in [0.3, 0.4) is 0 Å². The average molecular weight is 368 g/mol. The summed E-state index contributed by atoms with van der Waals surface area (Å²) in [5, 5.41) is 8.80. The summed E-state index contributed by atoms with van der Waals surface area (Å²) in [5.41, 5.74) is 4.78. The molecule has 138 valence electrons. The van der Waals surface area contributed by atoms with Gasteiger partial charge in [0.1, 0.15) is 5.69 Å². The standard InChI is InChI=1S/C23H20N4O/c28-23(18-10-5-2-6-11-18)26-15-7-12-20(26)22-21-14-13-19(16-27(21)25-24-22)17-8-3-1-4-9-17/h1-6,8-11,13-14,16,20H,7,12,15H2. The van der Waals surface area contributed by atoms with E-state index in [0.717, 1.165) is 47.3 Å². The number of hydrogen-bond donors (Lipinski definition) is 0. The fraction of sp³-hybridized carbons (Fsp3) is 0.174. The first kappa shape index (κ1) is 16.7. The number of carbonyl (C=O) groups is 1. The first-order chi connectivity index (χ1) is 13.8. The van der Waals surface area contributed by atoms with E-state index in [1.807, 2.05) is 64.1 Å². The SMILES string of the molecule is O=C(c1ccccc1)N1CCCC1c1nnn2cc(-c3ccccc3)ccc12. The van der Waals surface area contributed by atoms with Gasteiger partial charge in [0.25, 0.3) is 5.91 Å². The van der Waals surface area contributed by atoms with Crippen LogP contribution in [0, 0.1) is 0 Å². The van der Waals surface area contributed by atoms with Crippen LogP contribution in [0.1, 0.15) is 34.9 Å². The molecule has 0 spiro atoms. The Morgan fingerprint density at radius 1 is 0.893 bits per heavy atom. The van der Waals surface area contributed by atoms with Crippen molar-refractivity contribution in [2.24, 2.45) is 0 Å². The number of fused-ring (bicyclic) bond motifs is 1. The van der Waals surface area contributed by atoms with Crippen molar-refractivity contribution >= 4 is 11.4 Å². The van der Waals surface area contributed by atoms with E-state index < -0.39 is 0 Å². The van der Waals surface area contributed by atoms with Gasteiger partial charge in [-0.3, -0.25) is 4.79 Å². The van der Waals surface area contributed by atoms with Gasteiger partial charge in [0.2, 0.25) is 0 Å². The maximum Gasteiger partial charge on any atom is 0.254 e. The average Bonchev–Trinajstić information content (AvgIpc) is 3.40. The molecule has 1 unspecified atom stereocenters. The maximum absolute atomic E-state index is 13.0. The summed E-state index contributed by atoms with van der Waals surface area (Å²) in [6, 6.07) is 23.8. The zero-order chi connectivity index (χ0) is 18.9. The van der Waals surface area contributed by atoms with Crippen molar-refractivity contribution in [1.29, 1.82) is 0 Å². The number of carbonyl (C=O) groups excluding carboxylic acids is 1. The van der Waals surface area contributed by atoms with Crippen LogP contribution in [0.4, 0.5) is 0 Å². The fourth-order valence-corrected chi connectivity index (χ4v) is 3.99. The van der Waals surface area contributed by atoms with Gasteiger partial charge in [-0.1, -0.05) is 59.8 Å². The van der Waals surface area contributed by atoms with Crippen LogP contribution >= 0.6 is 0 Å². The number of amides is 1. The smallest absolute Gasteiger partial charge is 0.254 e. The van der Waals surface area contributed by atoms with Crippen LogP contribution in [0.25, 0.3) is 16.6 Å². The van der Waals surface area contributed by atoms with E-state index >= 15 is 0 Å². The molecule has 5 rings (SSSR count). The van der Waals surface area contributed by atoms with Crippen molar-refractivity contribution in [3.63, 3.8) is 0 Å². The van der Waals surface area contributed by atoms with Crippen LogP contribution in [0.15, 0.2) is 79.0 Å². The molecule has 1 amide bonds. The van der Waals surface area contributed by atoms with E-state index in [1.165, 1.54) is 0 Å². The Kier molecular flexibility index (Phi) is 4.13. The van der Waals surface area contributed by atoms with Crippen molar-refractivity contribution in [2.45, 2.75) is 18.9 Å². The van der Waals surface area contributed by atoms with Gasteiger partial charge in [0.15, 0.2) is 0 Å². The van der Waals surface area contributed by atoms with Gasteiger partial charge in [-0.05, 0) is 36.6 Å². The van der Waals surface area contributed by atoms with Crippen LogP contribution in [-0.2, 0) is 0 Å². The largest absolute Gasteiger partial charge is 0.330 e. The third-order valence-electron chi connectivity index (χ3n) is 5.40. The van der Waals surface area contributed by atoms with Crippen molar-refractivity contribution < 1.29 is 4.79 Å². The van der Waals surface area contributed by atoms with Crippen molar-refractivity contribution in [3.8, 4) is 11.1 Å². The Labute approximate surface area is 163 Å². The highest BCUT2D eigenvalue weighted by Gasteiger charge is 2.33. The monoisotopic (exact) mass is 368 g/mol. The van der Waals surface area contributed by atoms with E-state index in [9.17, 15) is 4.79 Å². The van der Waals surface area contributed by atoms with E-state index in [4.69, 9.17) is 0 Å². The molecular weight excluding hydrogens is 348 g/mol. The molecule has 5 nitrogen and oxygen atoms in total. The lowest BCUT2D eigenvalue weighted by Crippen LogP contribution is -2.30. The zero-order valence-corrected chi connectivity index (χ0v) is 15.4. The van der Waals surface area contributed by atoms with Crippen LogP contribution in [-0.4, -0.2) is 32.2 Å². The number of hydrogen-bond acceptors (Lipinski definition) is 3. The van der Waals surface area contributed by atoms with Gasteiger partial charge < -0.3 is 4.90 Å². The molecule has 0 saturated carbocycles. The summed E-state index contributed by atoms with van der Waals surface area (Å²) in [6.45, 7) is 0.750. The highest BCUT2D eigenvalue weighted by atomic mass is 16.2. The van der Waals surface area contributed by atoms with E-state index in [0.29, 0.717) is 0 Å². The van der Waals surface area contributed by atoms with Crippen molar-refractivity contribution in [3.05, 3.63) is 90.3 Å². The van der Waals surface area contributed by atoms with Gasteiger partial charge in [-0.25, -0.2) is 4.52 Å². The molecule has 0 bridgehead atoms. The Bertz CT molecular complexity index is 1120. The first-order valence-corrected chi connectivity index (χ1v) is 9.58. The molecule has 2 aromatic heterocycles. The molecule has 1 aliphatic rings. The maximum atomic E-state index is 13.0. The Morgan fingerprint density at radius 3 is 2.43 bits per heavy atom. The summed E-state index contributed by atoms with van der Waals surface area (Å²) in [7, 11) is 0. The molecule has 1 saturated heterocycles. The Morgan fingerprint density at radius 2 is 1.64 bits per heavy atom. The Hall–Kier alpha value is -3.47. The van der Waals surface area contributed by atoms with Crippen LogP contribution in [0.5, 0.6) is 0 Å². The molecule has 4 aromatic rings. The summed E-state index contributed by atoms with van der Waals surface area (Å²) < 4.78 is 1.82. The normalized spacial score (nSPS) is 16.6. The number of aromatic nitrogens is 3. The van der Waals surface area contributed by atoms with Crippen molar-refractivity contribution in [1.82, 2.24) is 19.7 Å². The minimum absolute atomic E-state index is 0.0345. The first-order valence-electron chi connectivity index (χ1n) is 9.58. The van der Waals surface area contributed by atoms with Gasteiger partial charge in [-0.15, -0.1) is 5.10 Å². The molecule has 28 heavy (non-hydrogen) atoms. The van der Waals surface area contributed by atoms with Gasteiger partial charge >= 0.3 is 0 Å². The minimum atomic E-state index is -0.0345. The highest BCUT2D eigenvalue weighted by Crippen LogP contribution is 2.34. The minimum Gasteiger partial charge on any atom is -0.330 e. The fourth-order valence-electron chi connectivity index (χ4n) is 3.99. The van der Waals surface area contributed by atoms with Crippen LogP contribution in [0.2, 0.25) is 0 Å². The second-order valence-corrected chi connectivity index (χ2v) is 7.11. The van der Waals surface area contributed by atoms with Gasteiger partial charge in [0, 0.05) is 23.9 Å². The van der Waals surface area contributed by atoms with E-state index in [1.54, 1.807) is 0 Å². The quantitative estimate of drug-likeness (QED) is 0.539. The molecule has 2 aromatic carbocycles. The molecule has 5 heteroatoms. The summed E-state index contributed by atoms with van der Waals surface area (Å²) in [6.07, 6.45) is 3.89. The molecule has 0 radical (unpaired) electrons. The second kappa shape index (κ2) is 6.93. The molecule has 1 fully saturated rings. The number of pyridine rings is 1. The molecule has 0 N–H and O–H groups in total. The molecule has 3 heterocycles. The lowest BCUT2D eigenvalue weighted by molar-refractivity contribution is 0.0734. The third-order valence-corrected chi connectivity index (χ3v) is 5.40.